The first-order valence-corrected chi connectivity index (χ1v) is 8.82. The molecule has 0 radical (unpaired) electrons. The molecule has 3 rings (SSSR count). The predicted molar refractivity (Wildman–Crippen MR) is 89.8 cm³/mol. The number of likely N-dealkylation sites (tertiary alicyclic amines) is 2. The van der Waals surface area contributed by atoms with Crippen molar-refractivity contribution < 1.29 is 9.18 Å². The molecular formula is C19H27FN2O. The molecule has 0 aromatic heterocycles. The number of hydrogen-bond acceptors (Lipinski definition) is 2. The Morgan fingerprint density at radius 1 is 1.13 bits per heavy atom. The monoisotopic (exact) mass is 318 g/mol. The second kappa shape index (κ2) is 7.00. The fourth-order valence-corrected chi connectivity index (χ4v) is 4.25. The average Bonchev–Trinajstić information content (AvgIpc) is 2.53. The largest absolute Gasteiger partial charge is 0.339 e. The van der Waals surface area contributed by atoms with Crippen LogP contribution in [0.2, 0.25) is 0 Å². The Kier molecular flexibility index (Phi) is 5.00. The number of piperidine rings is 2. The minimum absolute atomic E-state index is 0.0386. The first-order chi connectivity index (χ1) is 11.0. The van der Waals surface area contributed by atoms with Gasteiger partial charge in [0.15, 0.2) is 0 Å². The van der Waals surface area contributed by atoms with Crippen molar-refractivity contribution in [2.45, 2.75) is 39.2 Å². The number of amides is 1. The lowest BCUT2D eigenvalue weighted by Crippen LogP contribution is -2.50. The average molecular weight is 318 g/mol. The maximum Gasteiger partial charge on any atom is 0.253 e. The van der Waals surface area contributed by atoms with Gasteiger partial charge < -0.3 is 4.90 Å². The van der Waals surface area contributed by atoms with E-state index in [0.29, 0.717) is 11.6 Å². The van der Waals surface area contributed by atoms with Crippen LogP contribution in [0.3, 0.4) is 0 Å². The fourth-order valence-electron chi connectivity index (χ4n) is 4.25. The Morgan fingerprint density at radius 2 is 1.78 bits per heavy atom. The second-order valence-corrected chi connectivity index (χ2v) is 7.43. The molecule has 0 saturated carbocycles. The minimum Gasteiger partial charge on any atom is -0.339 e. The number of carbonyl (C=O) groups is 1. The van der Waals surface area contributed by atoms with E-state index in [0.717, 1.165) is 37.8 Å². The maximum absolute atomic E-state index is 13.3. The normalized spacial score (nSPS) is 27.2. The quantitative estimate of drug-likeness (QED) is 0.834. The van der Waals surface area contributed by atoms with Crippen molar-refractivity contribution in [2.75, 3.05) is 26.2 Å². The molecule has 23 heavy (non-hydrogen) atoms. The summed E-state index contributed by atoms with van der Waals surface area (Å²) >= 11 is 0. The summed E-state index contributed by atoms with van der Waals surface area (Å²) in [5.74, 6) is 1.15. The standard InChI is InChI=1S/C19H27FN2O/c1-14-10-15(2)13-22(12-14)18-6-8-21(9-7-18)19(23)16-4-3-5-17(20)11-16/h3-5,11,14-15,18H,6-10,12-13H2,1-2H3/t14-,15-/m1/s1. The summed E-state index contributed by atoms with van der Waals surface area (Å²) < 4.78 is 13.3. The van der Waals surface area contributed by atoms with Gasteiger partial charge in [0.05, 0.1) is 0 Å². The van der Waals surface area contributed by atoms with Gasteiger partial charge in [-0.15, -0.1) is 0 Å². The van der Waals surface area contributed by atoms with Crippen LogP contribution in [-0.2, 0) is 0 Å². The first kappa shape index (κ1) is 16.4. The van der Waals surface area contributed by atoms with Crippen LogP contribution in [0.25, 0.3) is 0 Å². The lowest BCUT2D eigenvalue weighted by Gasteiger charge is -2.43. The molecule has 2 atom stereocenters. The maximum atomic E-state index is 13.3. The summed E-state index contributed by atoms with van der Waals surface area (Å²) in [6.07, 6.45) is 3.38. The van der Waals surface area contributed by atoms with Crippen molar-refractivity contribution in [1.82, 2.24) is 9.80 Å². The van der Waals surface area contributed by atoms with Crippen molar-refractivity contribution in [3.63, 3.8) is 0 Å². The van der Waals surface area contributed by atoms with E-state index in [-0.39, 0.29) is 11.7 Å². The van der Waals surface area contributed by atoms with Gasteiger partial charge >= 0.3 is 0 Å². The molecule has 0 spiro atoms. The Morgan fingerprint density at radius 3 is 2.39 bits per heavy atom. The molecule has 0 bridgehead atoms. The SMILES string of the molecule is C[C@@H]1C[C@@H](C)CN(C2CCN(C(=O)c3cccc(F)c3)CC2)C1. The lowest BCUT2D eigenvalue weighted by molar-refractivity contribution is 0.0450. The molecule has 1 amide bonds. The molecule has 0 aliphatic carbocycles. The Labute approximate surface area is 138 Å². The van der Waals surface area contributed by atoms with E-state index < -0.39 is 0 Å². The molecule has 1 aromatic carbocycles. The Bertz CT molecular complexity index is 544. The van der Waals surface area contributed by atoms with Crippen LogP contribution in [0.5, 0.6) is 0 Å². The molecule has 0 N–H and O–H groups in total. The highest BCUT2D eigenvalue weighted by molar-refractivity contribution is 5.94. The minimum atomic E-state index is -0.345. The molecule has 4 heteroatoms. The number of halogens is 1. The Hall–Kier alpha value is -1.42. The van der Waals surface area contributed by atoms with Crippen molar-refractivity contribution in [3.8, 4) is 0 Å². The topological polar surface area (TPSA) is 23.6 Å². The van der Waals surface area contributed by atoms with Gasteiger partial charge in [0.25, 0.3) is 5.91 Å². The molecule has 1 aromatic rings. The van der Waals surface area contributed by atoms with Crippen molar-refractivity contribution in [3.05, 3.63) is 35.6 Å². The molecule has 2 aliphatic heterocycles. The highest BCUT2D eigenvalue weighted by atomic mass is 19.1. The summed E-state index contributed by atoms with van der Waals surface area (Å²) in [6, 6.07) is 6.61. The van der Waals surface area contributed by atoms with Gasteiger partial charge in [0.2, 0.25) is 0 Å². The first-order valence-electron chi connectivity index (χ1n) is 8.82. The van der Waals surface area contributed by atoms with Gasteiger partial charge in [-0.05, 0) is 49.3 Å². The van der Waals surface area contributed by atoms with Crippen LogP contribution in [0.15, 0.2) is 24.3 Å². The summed E-state index contributed by atoms with van der Waals surface area (Å²) in [6.45, 7) is 8.61. The molecule has 2 fully saturated rings. The van der Waals surface area contributed by atoms with Crippen LogP contribution >= 0.6 is 0 Å². The zero-order valence-corrected chi connectivity index (χ0v) is 14.2. The van der Waals surface area contributed by atoms with Gasteiger partial charge in [-0.25, -0.2) is 4.39 Å². The van der Waals surface area contributed by atoms with Gasteiger partial charge in [-0.1, -0.05) is 19.9 Å². The van der Waals surface area contributed by atoms with E-state index in [1.165, 1.54) is 31.6 Å². The van der Waals surface area contributed by atoms with Gasteiger partial charge in [-0.2, -0.15) is 0 Å². The third kappa shape index (κ3) is 3.92. The molecule has 3 nitrogen and oxygen atoms in total. The van der Waals surface area contributed by atoms with E-state index in [9.17, 15) is 9.18 Å². The van der Waals surface area contributed by atoms with Crippen LogP contribution in [0, 0.1) is 17.7 Å². The summed E-state index contributed by atoms with van der Waals surface area (Å²) in [4.78, 5) is 17.0. The van der Waals surface area contributed by atoms with Crippen LogP contribution in [0.1, 0.15) is 43.5 Å². The fraction of sp³-hybridized carbons (Fsp3) is 0.632. The zero-order valence-electron chi connectivity index (χ0n) is 14.2. The number of carbonyl (C=O) groups excluding carboxylic acids is 1. The third-order valence-electron chi connectivity index (χ3n) is 5.24. The predicted octanol–water partition coefficient (Wildman–Crippen LogP) is 3.41. The van der Waals surface area contributed by atoms with Crippen LogP contribution in [-0.4, -0.2) is 47.9 Å². The van der Waals surface area contributed by atoms with Crippen LogP contribution in [0.4, 0.5) is 4.39 Å². The highest BCUT2D eigenvalue weighted by Crippen LogP contribution is 2.27. The van der Waals surface area contributed by atoms with Gasteiger partial charge in [-0.3, -0.25) is 9.69 Å². The molecule has 126 valence electrons. The van der Waals surface area contributed by atoms with Gasteiger partial charge in [0.1, 0.15) is 5.82 Å². The van der Waals surface area contributed by atoms with E-state index in [4.69, 9.17) is 0 Å². The number of rotatable bonds is 2. The highest BCUT2D eigenvalue weighted by Gasteiger charge is 2.31. The Balaban J connectivity index is 1.57. The number of benzene rings is 1. The van der Waals surface area contributed by atoms with Crippen molar-refractivity contribution >= 4 is 5.91 Å². The van der Waals surface area contributed by atoms with E-state index in [2.05, 4.69) is 18.7 Å². The number of hydrogen-bond donors (Lipinski definition) is 0. The van der Waals surface area contributed by atoms with E-state index >= 15 is 0 Å². The summed E-state index contributed by atoms with van der Waals surface area (Å²) in [5, 5.41) is 0. The molecule has 2 saturated heterocycles. The lowest BCUT2D eigenvalue weighted by atomic mass is 9.89. The molecule has 2 heterocycles. The van der Waals surface area contributed by atoms with Crippen molar-refractivity contribution in [1.29, 1.82) is 0 Å². The molecule has 0 unspecified atom stereocenters. The molecule has 2 aliphatic rings. The number of nitrogens with zero attached hydrogens (tertiary/aromatic N) is 2. The zero-order chi connectivity index (χ0) is 16.4. The summed E-state index contributed by atoms with van der Waals surface area (Å²) in [7, 11) is 0. The van der Waals surface area contributed by atoms with Crippen LogP contribution < -0.4 is 0 Å². The van der Waals surface area contributed by atoms with E-state index in [1.54, 1.807) is 12.1 Å². The van der Waals surface area contributed by atoms with Crippen molar-refractivity contribution in [2.24, 2.45) is 11.8 Å². The molecular weight excluding hydrogens is 291 g/mol. The summed E-state index contributed by atoms with van der Waals surface area (Å²) in [5.41, 5.74) is 0.462. The van der Waals surface area contributed by atoms with E-state index in [1.807, 2.05) is 4.90 Å². The van der Waals surface area contributed by atoms with Gasteiger partial charge in [0, 0.05) is 37.8 Å². The second-order valence-electron chi connectivity index (χ2n) is 7.43. The smallest absolute Gasteiger partial charge is 0.253 e. The third-order valence-corrected chi connectivity index (χ3v) is 5.24.